The van der Waals surface area contributed by atoms with Gasteiger partial charge in [0, 0.05) is 34.8 Å². The van der Waals surface area contributed by atoms with Gasteiger partial charge in [-0.1, -0.05) is 84.7 Å². The van der Waals surface area contributed by atoms with Crippen LogP contribution in [0.15, 0.2) is 78.9 Å². The molecule has 4 nitrogen and oxygen atoms in total. The van der Waals surface area contributed by atoms with E-state index in [-0.39, 0.29) is 23.6 Å². The average Bonchev–Trinajstić information content (AvgIpc) is 2.87. The summed E-state index contributed by atoms with van der Waals surface area (Å²) >= 11 is 13.7. The summed E-state index contributed by atoms with van der Waals surface area (Å²) in [5, 5.41) is 4.37. The fourth-order valence-electron chi connectivity index (χ4n) is 3.75. The third kappa shape index (κ3) is 8.88. The monoisotopic (exact) mass is 542 g/mol. The summed E-state index contributed by atoms with van der Waals surface area (Å²) in [5.41, 5.74) is 2.97. The molecule has 3 aromatic carbocycles. The van der Waals surface area contributed by atoms with Gasteiger partial charge in [-0.05, 0) is 54.3 Å². The molecule has 0 radical (unpaired) electrons. The Balaban J connectivity index is 1.85. The maximum atomic E-state index is 13.6. The lowest BCUT2D eigenvalue weighted by atomic mass is 10.0. The topological polar surface area (TPSA) is 49.4 Å². The highest BCUT2D eigenvalue weighted by molar-refractivity contribution is 7.99. The summed E-state index contributed by atoms with van der Waals surface area (Å²) in [5.74, 6) is 0.696. The highest BCUT2D eigenvalue weighted by Crippen LogP contribution is 2.21. The van der Waals surface area contributed by atoms with E-state index in [0.717, 1.165) is 23.1 Å². The Morgan fingerprint density at radius 3 is 2.25 bits per heavy atom. The standard InChI is InChI=1S/C29H32Cl2N2O2S/c1-3-21(2)32-29(35)27(17-22-8-5-4-6-9-22)33(18-24-10-7-11-26(31)16-24)28(34)20-36-19-23-12-14-25(30)15-13-23/h4-16,21,27H,3,17-20H2,1-2H3,(H,32,35)/t21-,27-/m0/s1. The van der Waals surface area contributed by atoms with Crippen molar-refractivity contribution in [3.63, 3.8) is 0 Å². The zero-order valence-electron chi connectivity index (χ0n) is 20.6. The van der Waals surface area contributed by atoms with Gasteiger partial charge in [-0.15, -0.1) is 11.8 Å². The van der Waals surface area contributed by atoms with Gasteiger partial charge in [-0.25, -0.2) is 0 Å². The van der Waals surface area contributed by atoms with Gasteiger partial charge in [-0.2, -0.15) is 0 Å². The molecule has 0 saturated carbocycles. The average molecular weight is 544 g/mol. The van der Waals surface area contributed by atoms with Crippen LogP contribution in [0.5, 0.6) is 0 Å². The largest absolute Gasteiger partial charge is 0.352 e. The van der Waals surface area contributed by atoms with Crippen LogP contribution >= 0.6 is 35.0 Å². The van der Waals surface area contributed by atoms with Crippen LogP contribution in [0.2, 0.25) is 10.0 Å². The molecule has 3 rings (SSSR count). The van der Waals surface area contributed by atoms with Crippen LogP contribution in [0.25, 0.3) is 0 Å². The second-order valence-corrected chi connectivity index (χ2v) is 10.7. The minimum absolute atomic E-state index is 0.0122. The number of hydrogen-bond acceptors (Lipinski definition) is 3. The summed E-state index contributed by atoms with van der Waals surface area (Å²) in [6.45, 7) is 4.30. The number of carbonyl (C=O) groups is 2. The van der Waals surface area contributed by atoms with Gasteiger partial charge in [0.15, 0.2) is 0 Å². The van der Waals surface area contributed by atoms with Crippen LogP contribution in [-0.2, 0) is 28.3 Å². The number of rotatable bonds is 12. The van der Waals surface area contributed by atoms with Gasteiger partial charge in [0.25, 0.3) is 0 Å². The smallest absolute Gasteiger partial charge is 0.243 e. The highest BCUT2D eigenvalue weighted by Gasteiger charge is 2.30. The summed E-state index contributed by atoms with van der Waals surface area (Å²) in [6, 6.07) is 24.2. The van der Waals surface area contributed by atoms with Gasteiger partial charge in [0.1, 0.15) is 6.04 Å². The van der Waals surface area contributed by atoms with Crippen molar-refractivity contribution in [1.82, 2.24) is 10.2 Å². The first-order valence-electron chi connectivity index (χ1n) is 12.1. The first-order chi connectivity index (χ1) is 17.4. The Bertz CT molecular complexity index is 1130. The lowest BCUT2D eigenvalue weighted by Gasteiger charge is -2.32. The van der Waals surface area contributed by atoms with E-state index in [4.69, 9.17) is 23.2 Å². The van der Waals surface area contributed by atoms with Crippen LogP contribution in [0.1, 0.15) is 37.0 Å². The molecule has 7 heteroatoms. The van der Waals surface area contributed by atoms with Crippen molar-refractivity contribution in [3.05, 3.63) is 106 Å². The first kappa shape index (κ1) is 28.1. The van der Waals surface area contributed by atoms with Crippen molar-refractivity contribution in [1.29, 1.82) is 0 Å². The Labute approximate surface area is 228 Å². The second-order valence-electron chi connectivity index (χ2n) is 8.79. The maximum Gasteiger partial charge on any atom is 0.243 e. The molecule has 0 aliphatic rings. The van der Waals surface area contributed by atoms with E-state index < -0.39 is 6.04 Å². The zero-order chi connectivity index (χ0) is 25.9. The molecule has 0 unspecified atom stereocenters. The van der Waals surface area contributed by atoms with Crippen molar-refractivity contribution < 1.29 is 9.59 Å². The van der Waals surface area contributed by atoms with Gasteiger partial charge in [-0.3, -0.25) is 9.59 Å². The molecule has 0 bridgehead atoms. The highest BCUT2D eigenvalue weighted by atomic mass is 35.5. The van der Waals surface area contributed by atoms with E-state index in [2.05, 4.69) is 5.32 Å². The Hall–Kier alpha value is -2.47. The Morgan fingerprint density at radius 1 is 0.889 bits per heavy atom. The lowest BCUT2D eigenvalue weighted by molar-refractivity contribution is -0.139. The molecule has 36 heavy (non-hydrogen) atoms. The molecule has 0 fully saturated rings. The molecular formula is C29H32Cl2N2O2S. The number of amides is 2. The van der Waals surface area contributed by atoms with Crippen molar-refractivity contribution >= 4 is 46.8 Å². The van der Waals surface area contributed by atoms with Gasteiger partial charge >= 0.3 is 0 Å². The Kier molecular flexibility index (Phi) is 11.2. The predicted octanol–water partition coefficient (Wildman–Crippen LogP) is 6.78. The molecule has 0 aliphatic carbocycles. The summed E-state index contributed by atoms with van der Waals surface area (Å²) in [4.78, 5) is 28.8. The third-order valence-corrected chi connectivity index (χ3v) is 7.40. The zero-order valence-corrected chi connectivity index (χ0v) is 23.0. The lowest BCUT2D eigenvalue weighted by Crippen LogP contribution is -2.52. The van der Waals surface area contributed by atoms with E-state index in [0.29, 0.717) is 28.8 Å². The molecule has 0 heterocycles. The fraction of sp³-hybridized carbons (Fsp3) is 0.310. The molecule has 2 amide bonds. The van der Waals surface area contributed by atoms with E-state index in [9.17, 15) is 9.59 Å². The molecule has 3 aromatic rings. The SMILES string of the molecule is CC[C@H](C)NC(=O)[C@H](Cc1ccccc1)N(Cc1cccc(Cl)c1)C(=O)CSCc1ccc(Cl)cc1. The summed E-state index contributed by atoms with van der Waals surface area (Å²) < 4.78 is 0. The van der Waals surface area contributed by atoms with E-state index in [1.807, 2.05) is 86.6 Å². The number of nitrogens with one attached hydrogen (secondary N) is 1. The van der Waals surface area contributed by atoms with Crippen molar-refractivity contribution in [2.45, 2.75) is 51.1 Å². The normalized spacial score (nSPS) is 12.6. The summed E-state index contributed by atoms with van der Waals surface area (Å²) in [7, 11) is 0. The van der Waals surface area contributed by atoms with Crippen LogP contribution in [0.3, 0.4) is 0 Å². The van der Waals surface area contributed by atoms with E-state index in [1.165, 1.54) is 11.8 Å². The Morgan fingerprint density at radius 2 is 1.58 bits per heavy atom. The van der Waals surface area contributed by atoms with E-state index >= 15 is 0 Å². The number of benzene rings is 3. The van der Waals surface area contributed by atoms with Gasteiger partial charge in [0.05, 0.1) is 5.75 Å². The molecule has 1 N–H and O–H groups in total. The van der Waals surface area contributed by atoms with Crippen LogP contribution in [-0.4, -0.2) is 34.6 Å². The number of carbonyl (C=O) groups excluding carboxylic acids is 2. The maximum absolute atomic E-state index is 13.6. The quantitative estimate of drug-likeness (QED) is 0.274. The molecule has 190 valence electrons. The number of hydrogen-bond donors (Lipinski definition) is 1. The minimum atomic E-state index is -0.649. The number of thioether (sulfide) groups is 1. The molecule has 2 atom stereocenters. The minimum Gasteiger partial charge on any atom is -0.352 e. The molecule has 0 aliphatic heterocycles. The predicted molar refractivity (Wildman–Crippen MR) is 151 cm³/mol. The first-order valence-corrected chi connectivity index (χ1v) is 14.0. The molecular weight excluding hydrogens is 511 g/mol. The molecule has 0 saturated heterocycles. The van der Waals surface area contributed by atoms with E-state index in [1.54, 1.807) is 11.0 Å². The van der Waals surface area contributed by atoms with Crippen LogP contribution < -0.4 is 5.32 Å². The number of halogens is 2. The van der Waals surface area contributed by atoms with Crippen LogP contribution in [0.4, 0.5) is 0 Å². The number of nitrogens with zero attached hydrogens (tertiary/aromatic N) is 1. The van der Waals surface area contributed by atoms with Crippen molar-refractivity contribution in [2.75, 3.05) is 5.75 Å². The molecule has 0 spiro atoms. The van der Waals surface area contributed by atoms with Gasteiger partial charge < -0.3 is 10.2 Å². The van der Waals surface area contributed by atoms with Crippen molar-refractivity contribution in [3.8, 4) is 0 Å². The third-order valence-electron chi connectivity index (χ3n) is 5.92. The van der Waals surface area contributed by atoms with Crippen molar-refractivity contribution in [2.24, 2.45) is 0 Å². The second kappa shape index (κ2) is 14.3. The molecule has 0 aromatic heterocycles. The van der Waals surface area contributed by atoms with Crippen LogP contribution in [0, 0.1) is 0 Å². The summed E-state index contributed by atoms with van der Waals surface area (Å²) in [6.07, 6.45) is 1.24. The van der Waals surface area contributed by atoms with Gasteiger partial charge in [0.2, 0.25) is 11.8 Å². The fourth-order valence-corrected chi connectivity index (χ4v) is 4.96.